The van der Waals surface area contributed by atoms with E-state index in [1.807, 2.05) is 36.4 Å². The molecule has 12 heteroatoms. The molecule has 2 aliphatic carbocycles. The van der Waals surface area contributed by atoms with Crippen molar-refractivity contribution in [2.24, 2.45) is 11.8 Å². The summed E-state index contributed by atoms with van der Waals surface area (Å²) in [4.78, 5) is 49.0. The molecule has 0 aromatic heterocycles. The van der Waals surface area contributed by atoms with E-state index in [1.165, 1.54) is 12.1 Å². The van der Waals surface area contributed by atoms with Crippen LogP contribution in [0.25, 0.3) is 0 Å². The summed E-state index contributed by atoms with van der Waals surface area (Å²) in [5, 5.41) is 20.0. The Morgan fingerprint density at radius 1 is 0.678 bits per heavy atom. The van der Waals surface area contributed by atoms with Crippen LogP contribution in [0.15, 0.2) is 158 Å². The molecule has 0 saturated heterocycles. The SMILES string of the molecule is C=C(C)C(=O)OC1=CC2Oc3cc(O)ccc3C3(OC(=O)c4ccccc43)C2C=C1.C=CC(=O)OC1=CC2Oc3cc(O)ccc3C3(OC(=O)c4ccccc43)C2C=C1. The number of carbonyl (C=O) groups excluding carboxylic acids is 4. The first-order valence-corrected chi connectivity index (χ1v) is 18.6. The predicted molar refractivity (Wildman–Crippen MR) is 209 cm³/mol. The number of aromatic hydroxyl groups is 2. The van der Waals surface area contributed by atoms with E-state index in [9.17, 15) is 29.4 Å². The average molecular weight is 791 g/mol. The highest BCUT2D eigenvalue weighted by molar-refractivity contribution is 5.97. The minimum atomic E-state index is -1.11. The van der Waals surface area contributed by atoms with Gasteiger partial charge in [0.25, 0.3) is 0 Å². The number of benzene rings is 4. The zero-order valence-electron chi connectivity index (χ0n) is 31.3. The molecule has 2 N–H and O–H groups in total. The van der Waals surface area contributed by atoms with Crippen molar-refractivity contribution in [3.63, 3.8) is 0 Å². The van der Waals surface area contributed by atoms with E-state index in [-0.39, 0.29) is 17.1 Å². The zero-order chi connectivity index (χ0) is 41.2. The van der Waals surface area contributed by atoms with Gasteiger partial charge < -0.3 is 38.6 Å². The lowest BCUT2D eigenvalue weighted by Gasteiger charge is -2.45. The number of phenols is 2. The summed E-state index contributed by atoms with van der Waals surface area (Å²) in [6.07, 6.45) is 10.2. The van der Waals surface area contributed by atoms with E-state index < -0.39 is 59.1 Å². The first-order valence-electron chi connectivity index (χ1n) is 18.6. The largest absolute Gasteiger partial charge is 0.508 e. The lowest BCUT2D eigenvalue weighted by Crippen LogP contribution is -2.48. The molecule has 4 aliphatic heterocycles. The smallest absolute Gasteiger partial charge is 0.339 e. The summed E-state index contributed by atoms with van der Waals surface area (Å²) >= 11 is 0. The molecule has 4 heterocycles. The molecule has 6 atom stereocenters. The molecule has 0 fully saturated rings. The quantitative estimate of drug-likeness (QED) is 0.122. The van der Waals surface area contributed by atoms with Crippen LogP contribution in [0, 0.1) is 11.8 Å². The summed E-state index contributed by atoms with van der Waals surface area (Å²) in [5.41, 5.74) is 1.82. The van der Waals surface area contributed by atoms with Gasteiger partial charge in [-0.05, 0) is 67.6 Å². The van der Waals surface area contributed by atoms with Crippen molar-refractivity contribution in [2.75, 3.05) is 0 Å². The molecule has 4 aromatic carbocycles. The van der Waals surface area contributed by atoms with Crippen LogP contribution in [0.5, 0.6) is 23.0 Å². The Morgan fingerprint density at radius 3 is 1.59 bits per heavy atom. The fraction of sp³-hybridized carbons (Fsp3) is 0.149. The number of esters is 4. The van der Waals surface area contributed by atoms with Crippen LogP contribution in [-0.4, -0.2) is 46.3 Å². The number of rotatable bonds is 4. The van der Waals surface area contributed by atoms with Gasteiger partial charge in [0.05, 0.1) is 23.0 Å². The maximum atomic E-state index is 12.7. The van der Waals surface area contributed by atoms with Gasteiger partial charge in [0.15, 0.2) is 11.2 Å². The number of hydrogen-bond donors (Lipinski definition) is 2. The maximum absolute atomic E-state index is 12.7. The maximum Gasteiger partial charge on any atom is 0.339 e. The molecule has 6 aliphatic rings. The second-order valence-corrected chi connectivity index (χ2v) is 14.6. The highest BCUT2D eigenvalue weighted by atomic mass is 16.6. The standard InChI is InChI=1S/C24H18O6.C23H16O6/c1-13(2)22(26)28-15-8-10-19-21(12-15)29-20-11-14(25)7-9-18(20)24(19)17-6-4-3-5-16(17)23(27)30-24;1-2-21(25)27-14-8-10-18-20(12-14)28-19-11-13(24)7-9-17(19)23(18)16-6-4-3-5-15(16)22(26)29-23/h3-12,19,21,25H,1H2,2H3;2-12,18,20,24H,1H2. The van der Waals surface area contributed by atoms with Crippen molar-refractivity contribution in [1.29, 1.82) is 0 Å². The second-order valence-electron chi connectivity index (χ2n) is 14.6. The third-order valence-corrected chi connectivity index (χ3v) is 11.0. The van der Waals surface area contributed by atoms with Gasteiger partial charge in [0, 0.05) is 46.0 Å². The van der Waals surface area contributed by atoms with Gasteiger partial charge in [-0.2, -0.15) is 0 Å². The number of ether oxygens (including phenoxy) is 6. The van der Waals surface area contributed by atoms with Crippen molar-refractivity contribution in [3.05, 3.63) is 191 Å². The van der Waals surface area contributed by atoms with Gasteiger partial charge in [-0.25, -0.2) is 19.2 Å². The van der Waals surface area contributed by atoms with E-state index in [0.717, 1.165) is 17.2 Å². The van der Waals surface area contributed by atoms with Gasteiger partial charge in [-0.15, -0.1) is 0 Å². The number of fused-ring (bicyclic) bond motifs is 12. The first kappa shape index (κ1) is 37.0. The lowest BCUT2D eigenvalue weighted by molar-refractivity contribution is -0.135. The van der Waals surface area contributed by atoms with Crippen molar-refractivity contribution >= 4 is 23.9 Å². The van der Waals surface area contributed by atoms with Crippen LogP contribution in [0.3, 0.4) is 0 Å². The van der Waals surface area contributed by atoms with E-state index in [4.69, 9.17) is 28.4 Å². The van der Waals surface area contributed by atoms with E-state index in [2.05, 4.69) is 13.2 Å². The molecular formula is C47H34O12. The van der Waals surface area contributed by atoms with Gasteiger partial charge >= 0.3 is 23.9 Å². The lowest BCUT2D eigenvalue weighted by atomic mass is 9.70. The number of carbonyl (C=O) groups is 4. The Morgan fingerprint density at radius 2 is 1.14 bits per heavy atom. The normalized spacial score (nSPS) is 25.6. The Labute approximate surface area is 337 Å². The molecule has 294 valence electrons. The molecule has 0 amide bonds. The summed E-state index contributed by atoms with van der Waals surface area (Å²) in [5.74, 6) is -1.24. The average Bonchev–Trinajstić information content (AvgIpc) is 3.68. The van der Waals surface area contributed by atoms with Crippen LogP contribution < -0.4 is 9.47 Å². The number of allylic oxidation sites excluding steroid dienone is 2. The first-order chi connectivity index (χ1) is 28.4. The number of phenolic OH excluding ortho intramolecular Hbond substituents is 2. The van der Waals surface area contributed by atoms with Crippen molar-refractivity contribution < 1.29 is 57.8 Å². The highest BCUT2D eigenvalue weighted by Gasteiger charge is 2.60. The molecule has 0 radical (unpaired) electrons. The summed E-state index contributed by atoms with van der Waals surface area (Å²) in [6, 6.07) is 24.0. The van der Waals surface area contributed by atoms with Gasteiger partial charge in [0.2, 0.25) is 0 Å². The van der Waals surface area contributed by atoms with Gasteiger partial charge in [-0.1, -0.05) is 61.7 Å². The molecule has 0 saturated carbocycles. The monoisotopic (exact) mass is 790 g/mol. The fourth-order valence-corrected chi connectivity index (χ4v) is 8.56. The van der Waals surface area contributed by atoms with Gasteiger partial charge in [-0.3, -0.25) is 0 Å². The van der Waals surface area contributed by atoms with Crippen LogP contribution >= 0.6 is 0 Å². The Balaban J connectivity index is 0.000000152. The summed E-state index contributed by atoms with van der Waals surface area (Å²) in [7, 11) is 0. The molecular weight excluding hydrogens is 757 g/mol. The third-order valence-electron chi connectivity index (χ3n) is 11.0. The Kier molecular flexibility index (Phi) is 8.66. The predicted octanol–water partition coefficient (Wildman–Crippen LogP) is 7.12. The van der Waals surface area contributed by atoms with Crippen molar-refractivity contribution in [2.45, 2.75) is 30.3 Å². The Bertz CT molecular complexity index is 2670. The summed E-state index contributed by atoms with van der Waals surface area (Å²) in [6.45, 7) is 8.55. The van der Waals surface area contributed by atoms with Crippen LogP contribution in [0.2, 0.25) is 0 Å². The minimum absolute atomic E-state index is 0.0311. The molecule has 59 heavy (non-hydrogen) atoms. The van der Waals surface area contributed by atoms with Crippen molar-refractivity contribution in [1.82, 2.24) is 0 Å². The second kappa shape index (κ2) is 13.8. The third kappa shape index (κ3) is 5.82. The van der Waals surface area contributed by atoms with Crippen LogP contribution in [0.4, 0.5) is 0 Å². The van der Waals surface area contributed by atoms with E-state index >= 15 is 0 Å². The Hall–Kier alpha value is -7.60. The molecule has 2 spiro atoms. The molecule has 6 unspecified atom stereocenters. The molecule has 12 nitrogen and oxygen atoms in total. The molecule has 4 aromatic rings. The zero-order valence-corrected chi connectivity index (χ0v) is 31.3. The van der Waals surface area contributed by atoms with E-state index in [1.54, 1.807) is 79.8 Å². The highest BCUT2D eigenvalue weighted by Crippen LogP contribution is 2.57. The topological polar surface area (TPSA) is 164 Å². The van der Waals surface area contributed by atoms with Crippen molar-refractivity contribution in [3.8, 4) is 23.0 Å². The molecule has 0 bridgehead atoms. The number of hydrogen-bond acceptors (Lipinski definition) is 12. The molecule has 10 rings (SSSR count). The van der Waals surface area contributed by atoms with E-state index in [0.29, 0.717) is 45.3 Å². The fourth-order valence-electron chi connectivity index (χ4n) is 8.56. The van der Waals surface area contributed by atoms with Crippen LogP contribution in [-0.2, 0) is 39.7 Å². The summed E-state index contributed by atoms with van der Waals surface area (Å²) < 4.78 is 34.9. The van der Waals surface area contributed by atoms with Crippen LogP contribution in [0.1, 0.15) is 49.9 Å². The minimum Gasteiger partial charge on any atom is -0.508 e. The van der Waals surface area contributed by atoms with Gasteiger partial charge in [0.1, 0.15) is 46.7 Å².